The van der Waals surface area contributed by atoms with Crippen molar-refractivity contribution < 1.29 is 14.3 Å². The van der Waals surface area contributed by atoms with Gasteiger partial charge < -0.3 is 9.47 Å². The minimum absolute atomic E-state index is 0.142. The number of carbonyl (C=O) groups excluding carboxylic acids is 1. The maximum absolute atomic E-state index is 11.9. The molecule has 0 aromatic carbocycles. The number of methoxy groups -OCH3 is 1. The topological polar surface area (TPSA) is 35.5 Å². The standard InChI is InChI=1S/C12H16O3/c1-4-5-9-15-12(14-3)8-6-7-10(2)11(12)13/h4-8H,9H2,1-3H3/b5-4+. The van der Waals surface area contributed by atoms with Crippen LogP contribution < -0.4 is 0 Å². The third-order valence-corrected chi connectivity index (χ3v) is 2.27. The molecule has 0 N–H and O–H groups in total. The maximum Gasteiger partial charge on any atom is 0.254 e. The van der Waals surface area contributed by atoms with Crippen LogP contribution in [-0.2, 0) is 14.3 Å². The van der Waals surface area contributed by atoms with Crippen LogP contribution in [0, 0.1) is 0 Å². The van der Waals surface area contributed by atoms with E-state index in [4.69, 9.17) is 9.47 Å². The number of allylic oxidation sites excluding steroid dienone is 3. The van der Waals surface area contributed by atoms with Gasteiger partial charge in [-0.15, -0.1) is 0 Å². The molecule has 1 unspecified atom stereocenters. The molecule has 82 valence electrons. The number of hydrogen-bond acceptors (Lipinski definition) is 3. The average molecular weight is 208 g/mol. The van der Waals surface area contributed by atoms with Crippen molar-refractivity contribution in [1.82, 2.24) is 0 Å². The number of hydrogen-bond donors (Lipinski definition) is 0. The fourth-order valence-corrected chi connectivity index (χ4v) is 1.35. The SMILES string of the molecule is C/C=C/COC1(OC)C=CC=C(C)C1=O. The minimum atomic E-state index is -1.24. The third kappa shape index (κ3) is 2.43. The summed E-state index contributed by atoms with van der Waals surface area (Å²) in [5.41, 5.74) is 0.639. The van der Waals surface area contributed by atoms with Crippen molar-refractivity contribution in [3.05, 3.63) is 36.0 Å². The van der Waals surface area contributed by atoms with Gasteiger partial charge in [-0.05, 0) is 25.5 Å². The minimum Gasteiger partial charge on any atom is -0.344 e. The molecular formula is C12H16O3. The molecule has 0 amide bonds. The van der Waals surface area contributed by atoms with Crippen LogP contribution in [0.5, 0.6) is 0 Å². The predicted octanol–water partition coefficient (Wildman–Crippen LogP) is 2.01. The lowest BCUT2D eigenvalue weighted by Crippen LogP contribution is -2.43. The van der Waals surface area contributed by atoms with Crippen LogP contribution in [0.1, 0.15) is 13.8 Å². The Hall–Kier alpha value is -1.19. The Morgan fingerprint density at radius 3 is 2.87 bits per heavy atom. The van der Waals surface area contributed by atoms with Gasteiger partial charge in [-0.1, -0.05) is 24.3 Å². The highest BCUT2D eigenvalue weighted by atomic mass is 16.7. The largest absolute Gasteiger partial charge is 0.344 e. The van der Waals surface area contributed by atoms with Gasteiger partial charge in [0.05, 0.1) is 6.61 Å². The molecule has 0 saturated heterocycles. The van der Waals surface area contributed by atoms with Gasteiger partial charge in [-0.2, -0.15) is 0 Å². The second-order valence-electron chi connectivity index (χ2n) is 3.29. The molecule has 0 heterocycles. The van der Waals surface area contributed by atoms with Gasteiger partial charge in [0.25, 0.3) is 5.79 Å². The van der Waals surface area contributed by atoms with Crippen molar-refractivity contribution in [3.8, 4) is 0 Å². The smallest absolute Gasteiger partial charge is 0.254 e. The van der Waals surface area contributed by atoms with Crippen molar-refractivity contribution >= 4 is 5.78 Å². The number of Topliss-reactive ketones (excluding diaryl/α,β-unsaturated/α-hetero) is 1. The van der Waals surface area contributed by atoms with E-state index in [1.165, 1.54) is 7.11 Å². The average Bonchev–Trinajstić information content (AvgIpc) is 2.25. The van der Waals surface area contributed by atoms with Crippen LogP contribution in [-0.4, -0.2) is 25.3 Å². The monoisotopic (exact) mass is 208 g/mol. The Balaban J connectivity index is 2.81. The molecule has 3 heteroatoms. The fourth-order valence-electron chi connectivity index (χ4n) is 1.35. The predicted molar refractivity (Wildman–Crippen MR) is 58.4 cm³/mol. The van der Waals surface area contributed by atoms with Crippen LogP contribution in [0.15, 0.2) is 36.0 Å². The molecule has 0 bridgehead atoms. The first-order valence-corrected chi connectivity index (χ1v) is 4.87. The third-order valence-electron chi connectivity index (χ3n) is 2.27. The van der Waals surface area contributed by atoms with Gasteiger partial charge in [0.15, 0.2) is 0 Å². The van der Waals surface area contributed by atoms with E-state index < -0.39 is 5.79 Å². The van der Waals surface area contributed by atoms with Gasteiger partial charge >= 0.3 is 0 Å². The molecule has 0 radical (unpaired) electrons. The highest BCUT2D eigenvalue weighted by Gasteiger charge is 2.38. The van der Waals surface area contributed by atoms with E-state index in [1.807, 2.05) is 19.1 Å². The second kappa shape index (κ2) is 5.05. The quantitative estimate of drug-likeness (QED) is 0.523. The summed E-state index contributed by atoms with van der Waals surface area (Å²) in [7, 11) is 1.47. The van der Waals surface area contributed by atoms with E-state index in [2.05, 4.69) is 0 Å². The van der Waals surface area contributed by atoms with E-state index in [0.29, 0.717) is 12.2 Å². The van der Waals surface area contributed by atoms with Crippen molar-refractivity contribution in [2.45, 2.75) is 19.6 Å². The Morgan fingerprint density at radius 2 is 2.27 bits per heavy atom. The molecule has 0 aliphatic heterocycles. The zero-order valence-electron chi connectivity index (χ0n) is 9.32. The Bertz CT molecular complexity index is 326. The molecule has 0 saturated carbocycles. The van der Waals surface area contributed by atoms with Gasteiger partial charge in [-0.3, -0.25) is 4.79 Å². The molecule has 3 nitrogen and oxygen atoms in total. The number of ether oxygens (including phenoxy) is 2. The van der Waals surface area contributed by atoms with Crippen LogP contribution in [0.3, 0.4) is 0 Å². The van der Waals surface area contributed by atoms with Gasteiger partial charge in [0.1, 0.15) is 0 Å². The van der Waals surface area contributed by atoms with Crippen molar-refractivity contribution in [2.75, 3.05) is 13.7 Å². The molecule has 1 aliphatic rings. The van der Waals surface area contributed by atoms with Crippen LogP contribution in [0.4, 0.5) is 0 Å². The molecule has 1 rings (SSSR count). The Morgan fingerprint density at radius 1 is 1.53 bits per heavy atom. The second-order valence-corrected chi connectivity index (χ2v) is 3.29. The molecule has 0 aromatic rings. The highest BCUT2D eigenvalue weighted by molar-refractivity contribution is 6.03. The van der Waals surface area contributed by atoms with Crippen LogP contribution in [0.25, 0.3) is 0 Å². The molecule has 1 atom stereocenters. The first-order chi connectivity index (χ1) is 7.16. The summed E-state index contributed by atoms with van der Waals surface area (Å²) in [5.74, 6) is -1.38. The lowest BCUT2D eigenvalue weighted by atomic mass is 9.99. The first kappa shape index (κ1) is 11.9. The number of rotatable bonds is 4. The first-order valence-electron chi connectivity index (χ1n) is 4.87. The van der Waals surface area contributed by atoms with Gasteiger partial charge in [-0.25, -0.2) is 0 Å². The van der Waals surface area contributed by atoms with Crippen LogP contribution >= 0.6 is 0 Å². The summed E-state index contributed by atoms with van der Waals surface area (Å²) in [6.45, 7) is 4.00. The summed E-state index contributed by atoms with van der Waals surface area (Å²) in [5, 5.41) is 0. The van der Waals surface area contributed by atoms with E-state index in [1.54, 1.807) is 25.2 Å². The zero-order chi connectivity index (χ0) is 11.3. The molecule has 0 fully saturated rings. The van der Waals surface area contributed by atoms with Crippen molar-refractivity contribution in [3.63, 3.8) is 0 Å². The Labute approximate surface area is 90.1 Å². The summed E-state index contributed by atoms with van der Waals surface area (Å²) < 4.78 is 10.6. The van der Waals surface area contributed by atoms with Crippen LogP contribution in [0.2, 0.25) is 0 Å². The lowest BCUT2D eigenvalue weighted by Gasteiger charge is -2.29. The van der Waals surface area contributed by atoms with E-state index in [9.17, 15) is 4.79 Å². The van der Waals surface area contributed by atoms with Gasteiger partial charge in [0.2, 0.25) is 5.78 Å². The number of ketones is 1. The molecule has 0 aromatic heterocycles. The highest BCUT2D eigenvalue weighted by Crippen LogP contribution is 2.23. The Kier molecular flexibility index (Phi) is 4.00. The summed E-state index contributed by atoms with van der Waals surface area (Å²) >= 11 is 0. The summed E-state index contributed by atoms with van der Waals surface area (Å²) in [6.07, 6.45) is 8.85. The number of carbonyl (C=O) groups is 1. The molecule has 15 heavy (non-hydrogen) atoms. The fraction of sp³-hybridized carbons (Fsp3) is 0.417. The van der Waals surface area contributed by atoms with E-state index >= 15 is 0 Å². The zero-order valence-corrected chi connectivity index (χ0v) is 9.32. The van der Waals surface area contributed by atoms with Crippen molar-refractivity contribution in [1.29, 1.82) is 0 Å². The maximum atomic E-state index is 11.9. The summed E-state index contributed by atoms with van der Waals surface area (Å²) in [4.78, 5) is 11.9. The normalized spacial score (nSPS) is 26.1. The van der Waals surface area contributed by atoms with Gasteiger partial charge in [0, 0.05) is 7.11 Å². The molecule has 1 aliphatic carbocycles. The lowest BCUT2D eigenvalue weighted by molar-refractivity contribution is -0.188. The van der Waals surface area contributed by atoms with E-state index in [-0.39, 0.29) is 5.78 Å². The summed E-state index contributed by atoms with van der Waals surface area (Å²) in [6, 6.07) is 0. The molecule has 0 spiro atoms. The van der Waals surface area contributed by atoms with Crippen molar-refractivity contribution in [2.24, 2.45) is 0 Å². The molecular weight excluding hydrogens is 192 g/mol. The van der Waals surface area contributed by atoms with E-state index in [0.717, 1.165) is 0 Å².